The maximum Gasteiger partial charge on any atom is 1.00 e. The first kappa shape index (κ1) is 15.6. The van der Waals surface area contributed by atoms with Crippen molar-refractivity contribution < 1.29 is 44.5 Å². The molecule has 0 heterocycles. The molecule has 0 nitrogen and oxygen atoms in total. The third kappa shape index (κ3) is 21.2. The molecule has 0 aliphatic rings. The maximum absolute atomic E-state index is 3.25. The van der Waals surface area contributed by atoms with Gasteiger partial charge in [-0.25, -0.2) is 0 Å². The molecule has 0 saturated heterocycles. The average molecular weight is 268 g/mol. The standard InChI is InChI=1S/2BrH.ClH.Li.Zn/h3*1H;;/q;;;+1;+2/p-3. The Morgan fingerprint density at radius 1 is 1.20 bits per heavy atom. The molecule has 0 amide bonds. The quantitative estimate of drug-likeness (QED) is 0.390. The van der Waals surface area contributed by atoms with Crippen LogP contribution >= 0.6 is 27.2 Å². The van der Waals surface area contributed by atoms with Crippen molar-refractivity contribution in [3.8, 4) is 0 Å². The predicted molar refractivity (Wildman–Crippen MR) is 17.9 cm³/mol. The fourth-order valence-electron chi connectivity index (χ4n) is 0. The molecule has 0 fully saturated rings. The van der Waals surface area contributed by atoms with E-state index < -0.39 is 0 Å². The molecule has 0 atom stereocenters. The van der Waals surface area contributed by atoms with Crippen LogP contribution in [0.25, 0.3) is 0 Å². The van der Waals surface area contributed by atoms with E-state index in [4.69, 9.17) is 0 Å². The molecule has 5 heteroatoms. The van der Waals surface area contributed by atoms with E-state index in [1.165, 1.54) is 0 Å². The van der Waals surface area contributed by atoms with Crippen molar-refractivity contribution in [3.05, 3.63) is 0 Å². The number of halogens is 3. The third-order valence-corrected chi connectivity index (χ3v) is 0. The summed E-state index contributed by atoms with van der Waals surface area (Å²) < 4.78 is 0. The Morgan fingerprint density at radius 3 is 1.20 bits per heavy atom. The van der Waals surface area contributed by atoms with Crippen LogP contribution in [0.2, 0.25) is 0 Å². The monoisotopic (exact) mass is 264 g/mol. The second-order valence-corrected chi connectivity index (χ2v) is 14.2. The van der Waals surface area contributed by atoms with Crippen LogP contribution in [0.3, 0.4) is 0 Å². The van der Waals surface area contributed by atoms with E-state index in [-0.39, 0.29) is 44.5 Å². The van der Waals surface area contributed by atoms with Crippen LogP contribution < -0.4 is 31.3 Å². The van der Waals surface area contributed by atoms with Crippen LogP contribution in [0.4, 0.5) is 0 Å². The zero-order chi connectivity index (χ0) is 2.71. The molecule has 0 aromatic rings. The van der Waals surface area contributed by atoms with Gasteiger partial charge in [0.05, 0.1) is 0 Å². The Kier molecular flexibility index (Phi) is 50.3. The van der Waals surface area contributed by atoms with Gasteiger partial charge in [0.2, 0.25) is 0 Å². The van der Waals surface area contributed by atoms with Crippen molar-refractivity contribution in [2.75, 3.05) is 0 Å². The van der Waals surface area contributed by atoms with Gasteiger partial charge in [0.1, 0.15) is 0 Å². The van der Waals surface area contributed by atoms with E-state index >= 15 is 0 Å². The van der Waals surface area contributed by atoms with Crippen LogP contribution in [-0.2, 0) is 13.2 Å². The third-order valence-electron chi connectivity index (χ3n) is 0. The van der Waals surface area contributed by atoms with E-state index in [0.717, 1.165) is 0 Å². The first-order valence-corrected chi connectivity index (χ1v) is 14.4. The molecule has 0 aromatic heterocycles. The largest absolute Gasteiger partial charge is 1.00 e. The molecule has 0 N–H and O–H groups in total. The molecule has 0 spiro atoms. The SMILES string of the molecule is [Br][Zn][Br].[Cl-].[Li+]. The second-order valence-electron chi connectivity index (χ2n) is 0.101. The van der Waals surface area contributed by atoms with Gasteiger partial charge in [-0.1, -0.05) is 0 Å². The van der Waals surface area contributed by atoms with E-state index in [1.807, 2.05) is 0 Å². The predicted octanol–water partition coefficient (Wildman–Crippen LogP) is -4.30. The molecule has 0 unspecified atom stereocenters. The molecule has 0 rings (SSSR count). The summed E-state index contributed by atoms with van der Waals surface area (Å²) in [7, 11) is 0. The Bertz CT molecular complexity index is 9.61. The summed E-state index contributed by atoms with van der Waals surface area (Å²) in [5, 5.41) is 0. The van der Waals surface area contributed by atoms with Gasteiger partial charge in [-0.2, -0.15) is 0 Å². The summed E-state index contributed by atoms with van der Waals surface area (Å²) >= 11 is 6.25. The molecule has 0 bridgehead atoms. The number of hydrogen-bond donors (Lipinski definition) is 0. The van der Waals surface area contributed by atoms with E-state index in [9.17, 15) is 0 Å². The molecule has 0 aliphatic heterocycles. The van der Waals surface area contributed by atoms with Crippen molar-refractivity contribution in [3.63, 3.8) is 0 Å². The first-order valence-electron chi connectivity index (χ1n) is 0.535. The minimum atomic E-state index is -0.250. The summed E-state index contributed by atoms with van der Waals surface area (Å²) in [6.07, 6.45) is 0. The summed E-state index contributed by atoms with van der Waals surface area (Å²) in [4.78, 5) is 0. The molecule has 0 saturated carbocycles. The summed E-state index contributed by atoms with van der Waals surface area (Å²) in [5.74, 6) is 0. The van der Waals surface area contributed by atoms with Crippen molar-refractivity contribution in [2.24, 2.45) is 0 Å². The van der Waals surface area contributed by atoms with Gasteiger partial charge >= 0.3 is 59.3 Å². The van der Waals surface area contributed by atoms with Crippen LogP contribution in [0, 0.1) is 0 Å². The van der Waals surface area contributed by atoms with Gasteiger partial charge in [-0.15, -0.1) is 0 Å². The Morgan fingerprint density at radius 2 is 1.20 bits per heavy atom. The van der Waals surface area contributed by atoms with Crippen LogP contribution in [0.5, 0.6) is 0 Å². The van der Waals surface area contributed by atoms with E-state index in [2.05, 4.69) is 27.2 Å². The van der Waals surface area contributed by atoms with Gasteiger partial charge < -0.3 is 12.4 Å². The molecule has 0 radical (unpaired) electrons. The van der Waals surface area contributed by atoms with E-state index in [0.29, 0.717) is 0 Å². The molecular weight excluding hydrogens is 268 g/mol. The van der Waals surface area contributed by atoms with Crippen molar-refractivity contribution in [1.29, 1.82) is 0 Å². The fourth-order valence-corrected chi connectivity index (χ4v) is 0. The van der Waals surface area contributed by atoms with E-state index in [1.54, 1.807) is 0 Å². The van der Waals surface area contributed by atoms with Crippen LogP contribution in [-0.4, -0.2) is 0 Å². The van der Waals surface area contributed by atoms with Gasteiger partial charge in [-0.05, 0) is 0 Å². The van der Waals surface area contributed by atoms with Gasteiger partial charge in [-0.3, -0.25) is 0 Å². The molecule has 0 aromatic carbocycles. The fraction of sp³-hybridized carbons (Fsp3) is 0. The first-order chi connectivity index (χ1) is 1.41. The Labute approximate surface area is 70.7 Å². The van der Waals surface area contributed by atoms with Crippen molar-refractivity contribution in [2.45, 2.75) is 0 Å². The average Bonchev–Trinajstić information content (AvgIpc) is 0.918. The second kappa shape index (κ2) is 16.1. The summed E-state index contributed by atoms with van der Waals surface area (Å²) in [6.45, 7) is 0. The van der Waals surface area contributed by atoms with Gasteiger partial charge in [0.25, 0.3) is 0 Å². The summed E-state index contributed by atoms with van der Waals surface area (Å²) in [5.41, 5.74) is 0. The maximum atomic E-state index is 3.25. The molecule has 0 aliphatic carbocycles. The Hall–Kier alpha value is 2.47. The molecule has 5 heavy (non-hydrogen) atoms. The van der Waals surface area contributed by atoms with Gasteiger partial charge in [0.15, 0.2) is 0 Å². The smallest absolute Gasteiger partial charge is 1.00 e. The molecular formula is Br2ClLiZn. The topological polar surface area (TPSA) is 0 Å². The zero-order valence-corrected chi connectivity index (χ0v) is 9.74. The molecule has 24 valence electrons. The minimum absolute atomic E-state index is 0. The van der Waals surface area contributed by atoms with Crippen molar-refractivity contribution in [1.82, 2.24) is 0 Å². The minimum Gasteiger partial charge on any atom is -1.00 e. The van der Waals surface area contributed by atoms with Gasteiger partial charge in [0, 0.05) is 0 Å². The van der Waals surface area contributed by atoms with Crippen molar-refractivity contribution >= 4 is 27.2 Å². The van der Waals surface area contributed by atoms with Crippen LogP contribution in [0.15, 0.2) is 0 Å². The number of hydrogen-bond acceptors (Lipinski definition) is 0. The number of rotatable bonds is 0. The normalized spacial score (nSPS) is 2.00. The Balaban J connectivity index is -0.0000000200. The summed E-state index contributed by atoms with van der Waals surface area (Å²) in [6, 6.07) is 0. The van der Waals surface area contributed by atoms with Crippen LogP contribution in [0.1, 0.15) is 0 Å². The zero-order valence-electron chi connectivity index (χ0n) is 2.84.